The molecule has 4 amide bonds. The van der Waals surface area contributed by atoms with Crippen molar-refractivity contribution >= 4 is 56.2 Å². The quantitative estimate of drug-likeness (QED) is 0.0490. The molecule has 1 saturated heterocycles. The van der Waals surface area contributed by atoms with E-state index in [-0.39, 0.29) is 33.8 Å². The maximum absolute atomic E-state index is 13.2. The number of nitrogens with zero attached hydrogens (tertiary/aromatic N) is 6. The van der Waals surface area contributed by atoms with Gasteiger partial charge in [0, 0.05) is 24.3 Å². The zero-order valence-corrected chi connectivity index (χ0v) is 27.8. The third kappa shape index (κ3) is 7.96. The summed E-state index contributed by atoms with van der Waals surface area (Å²) in [6.45, 7) is 2.75. The minimum absolute atomic E-state index is 0.0240. The van der Waals surface area contributed by atoms with Gasteiger partial charge in [-0.2, -0.15) is 8.42 Å². The number of likely N-dealkylation sites (tertiary alicyclic amines) is 1. The number of carbonyl (C=O) groups excluding carboxylic acids is 3. The zero-order valence-electron chi connectivity index (χ0n) is 26.2. The Bertz CT molecular complexity index is 2080. The Kier molecular flexibility index (Phi) is 10.7. The topological polar surface area (TPSA) is 333 Å². The average Bonchev–Trinajstić information content (AvgIpc) is 3.61. The largest absolute Gasteiger partial charge is 0.503 e. The second-order valence-corrected chi connectivity index (χ2v) is 13.2. The van der Waals surface area contributed by atoms with Gasteiger partial charge in [0.15, 0.2) is 22.4 Å². The Morgan fingerprint density at radius 2 is 1.98 bits per heavy atom. The van der Waals surface area contributed by atoms with Gasteiger partial charge in [0.05, 0.1) is 31.5 Å². The highest BCUT2D eigenvalue weighted by Gasteiger charge is 2.44. The van der Waals surface area contributed by atoms with Gasteiger partial charge in [0.1, 0.15) is 11.7 Å². The summed E-state index contributed by atoms with van der Waals surface area (Å²) in [5.41, 5.74) is 0.509. The first-order valence-electron chi connectivity index (χ1n) is 14.1. The number of carboxylic acid groups (broad SMARTS) is 1. The molecule has 3 aromatic rings. The summed E-state index contributed by atoms with van der Waals surface area (Å²) in [5.74, 6) is -4.76. The van der Waals surface area contributed by atoms with Crippen LogP contribution in [0.5, 0.6) is 5.75 Å². The molecule has 4 rings (SSSR count). The Morgan fingerprint density at radius 3 is 2.56 bits per heavy atom. The van der Waals surface area contributed by atoms with E-state index < -0.39 is 93.3 Å². The molecular weight excluding hydrogens is 712 g/mol. The van der Waals surface area contributed by atoms with Crippen molar-refractivity contribution in [1.82, 2.24) is 38.7 Å². The van der Waals surface area contributed by atoms with Crippen molar-refractivity contribution in [3.63, 3.8) is 0 Å². The van der Waals surface area contributed by atoms with Crippen LogP contribution in [0.25, 0.3) is 11.5 Å². The van der Waals surface area contributed by atoms with Gasteiger partial charge in [-0.15, -0.1) is 16.4 Å². The molecule has 0 saturated carbocycles. The first kappa shape index (κ1) is 37.2. The second-order valence-electron chi connectivity index (χ2n) is 10.8. The molecule has 2 atom stereocenters. The first-order valence-corrected chi connectivity index (χ1v) is 16.5. The monoisotopic (exact) mass is 742 g/mol. The molecule has 0 aliphatic carbocycles. The van der Waals surface area contributed by atoms with Gasteiger partial charge in [-0.05, 0) is 20.8 Å². The predicted molar refractivity (Wildman–Crippen MR) is 169 cm³/mol. The van der Waals surface area contributed by atoms with Crippen LogP contribution in [0.2, 0.25) is 0 Å². The summed E-state index contributed by atoms with van der Waals surface area (Å²) in [7, 11) is -5.20. The minimum Gasteiger partial charge on any atom is -0.503 e. The molecule has 1 aliphatic heterocycles. The number of aliphatic carboxylic acids is 1. The molecule has 1 fully saturated rings. The number of rotatable bonds is 14. The lowest BCUT2D eigenvalue weighted by atomic mass is 10.1. The predicted octanol–water partition coefficient (Wildman–Crippen LogP) is -3.04. The fraction of sp³-hybridized carbons (Fsp3) is 0.400. The number of thiazole rings is 1. The number of aliphatic hydroxyl groups excluding tert-OH is 1. The molecule has 0 bridgehead atoms. The van der Waals surface area contributed by atoms with E-state index in [1.807, 2.05) is 0 Å². The van der Waals surface area contributed by atoms with Crippen molar-refractivity contribution in [2.24, 2.45) is 5.16 Å². The van der Waals surface area contributed by atoms with E-state index in [9.17, 15) is 52.5 Å². The number of hydrogen-bond donors (Lipinski definition) is 7. The second kappa shape index (κ2) is 14.4. The fourth-order valence-electron chi connectivity index (χ4n) is 3.96. The van der Waals surface area contributed by atoms with Crippen molar-refractivity contribution in [2.75, 3.05) is 25.5 Å². The lowest BCUT2D eigenvalue weighted by molar-refractivity contribution is -0.161. The average molecular weight is 743 g/mol. The molecule has 270 valence electrons. The molecule has 23 nitrogen and oxygen atoms in total. The van der Waals surface area contributed by atoms with Crippen LogP contribution in [0, 0.1) is 0 Å². The number of aromatic amines is 1. The number of nitrogen functional groups attached to an aromatic ring is 1. The number of aromatic hydroxyl groups is 1. The van der Waals surface area contributed by atoms with Crippen LogP contribution in [0.1, 0.15) is 26.5 Å². The molecule has 1 unspecified atom stereocenters. The van der Waals surface area contributed by atoms with Gasteiger partial charge >= 0.3 is 27.9 Å². The Labute approximate surface area is 284 Å². The van der Waals surface area contributed by atoms with E-state index in [2.05, 4.69) is 25.5 Å². The summed E-state index contributed by atoms with van der Waals surface area (Å²) in [6, 6.07) is -2.12. The lowest BCUT2D eigenvalue weighted by Crippen LogP contribution is -2.68. The van der Waals surface area contributed by atoms with Crippen molar-refractivity contribution in [1.29, 1.82) is 0 Å². The standard InChI is InChI=1S/C25H30N10O13S2/c1-4-47-9-11(36)7-33-18(12-5-15(37)16(38)6-27-12)30-35(24(33)44)50(45,46)32-23(43)34-8-13(20(34)40)28-19(39)17(14-10-49-22(26)29-14)31-48-25(2,3)21(41)42/h5-6,10-11,13,36,38H,4,7-9H2,1-3H3,(H2,26,29)(H,27,37)(H,28,39)(H,32,43)(H,41,42)/t11?,13-/m0/s1. The maximum atomic E-state index is 13.2. The molecular formula is C25H30N10O13S2. The summed E-state index contributed by atoms with van der Waals surface area (Å²) in [5, 5.41) is 40.1. The zero-order chi connectivity index (χ0) is 37.1. The Morgan fingerprint density at radius 1 is 1.28 bits per heavy atom. The van der Waals surface area contributed by atoms with Gasteiger partial charge in [-0.25, -0.2) is 24.1 Å². The van der Waals surface area contributed by atoms with E-state index in [1.165, 1.54) is 10.1 Å². The number of H-pyrrole nitrogens is 1. The van der Waals surface area contributed by atoms with Crippen molar-refractivity contribution < 1.29 is 52.5 Å². The van der Waals surface area contributed by atoms with E-state index in [0.717, 1.165) is 37.4 Å². The fourth-order valence-corrected chi connectivity index (χ4v) is 5.41. The van der Waals surface area contributed by atoms with Crippen LogP contribution in [-0.2, 0) is 40.7 Å². The number of nitrogens with two attached hydrogens (primary N) is 1. The number of ether oxygens (including phenoxy) is 1. The molecule has 0 spiro atoms. The van der Waals surface area contributed by atoms with Crippen LogP contribution < -0.4 is 26.9 Å². The van der Waals surface area contributed by atoms with Crippen molar-refractivity contribution in [3.8, 4) is 17.3 Å². The maximum Gasteiger partial charge on any atom is 0.362 e. The molecule has 3 aromatic heterocycles. The highest BCUT2D eigenvalue weighted by molar-refractivity contribution is 7.88. The minimum atomic E-state index is -5.20. The number of imide groups is 1. The van der Waals surface area contributed by atoms with E-state index in [1.54, 1.807) is 6.92 Å². The number of carbonyl (C=O) groups is 4. The number of aromatic nitrogens is 5. The number of anilines is 1. The molecule has 50 heavy (non-hydrogen) atoms. The third-order valence-corrected chi connectivity index (χ3v) is 8.46. The first-order chi connectivity index (χ1) is 23.4. The number of β-lactam (4-membered cyclic amide) rings is 1. The molecule has 4 heterocycles. The van der Waals surface area contributed by atoms with Gasteiger partial charge < -0.3 is 40.9 Å². The van der Waals surface area contributed by atoms with E-state index in [4.69, 9.17) is 15.3 Å². The van der Waals surface area contributed by atoms with Crippen LogP contribution in [0.15, 0.2) is 32.4 Å². The van der Waals surface area contributed by atoms with E-state index in [0.29, 0.717) is 9.47 Å². The Balaban J connectivity index is 1.52. The third-order valence-electron chi connectivity index (χ3n) is 6.66. The normalized spacial score (nSPS) is 15.7. The number of oxime groups is 1. The molecule has 25 heteroatoms. The number of amides is 4. The molecule has 1 aliphatic rings. The van der Waals surface area contributed by atoms with Crippen molar-refractivity contribution in [2.45, 2.75) is 45.1 Å². The molecule has 0 aromatic carbocycles. The van der Waals surface area contributed by atoms with Crippen LogP contribution in [0.3, 0.4) is 0 Å². The number of pyridine rings is 1. The SMILES string of the molecule is CCOCC(O)Cn1c(-c2cc(=O)c(O)c[nH]2)nn(S(=O)(=O)NC(=O)N2C[C@H](NC(=O)C(=NOC(C)(C)C(=O)O)c3csc(N)n3)C2=O)c1=O. The number of carboxylic acids is 1. The van der Waals surface area contributed by atoms with Crippen LogP contribution >= 0.6 is 11.3 Å². The lowest BCUT2D eigenvalue weighted by Gasteiger charge is -2.36. The summed E-state index contributed by atoms with van der Waals surface area (Å²) >= 11 is 0.920. The Hall–Kier alpha value is -5.66. The van der Waals surface area contributed by atoms with Gasteiger partial charge in [0.25, 0.3) is 11.8 Å². The van der Waals surface area contributed by atoms with Gasteiger partial charge in [0.2, 0.25) is 11.0 Å². The van der Waals surface area contributed by atoms with Crippen LogP contribution in [-0.4, -0.2) is 119 Å². The summed E-state index contributed by atoms with van der Waals surface area (Å²) in [4.78, 5) is 87.0. The van der Waals surface area contributed by atoms with Gasteiger partial charge in [-0.3, -0.25) is 23.9 Å². The molecule has 8 N–H and O–H groups in total. The summed E-state index contributed by atoms with van der Waals surface area (Å²) < 4.78 is 33.5. The number of hydrogen-bond acceptors (Lipinski definition) is 17. The van der Waals surface area contributed by atoms with Crippen LogP contribution in [0.4, 0.5) is 9.93 Å². The highest BCUT2D eigenvalue weighted by atomic mass is 32.2. The number of urea groups is 1. The molecule has 0 radical (unpaired) electrons. The van der Waals surface area contributed by atoms with Gasteiger partial charge in [-0.1, -0.05) is 9.24 Å². The summed E-state index contributed by atoms with van der Waals surface area (Å²) in [6.07, 6.45) is -0.502. The van der Waals surface area contributed by atoms with Crippen molar-refractivity contribution in [3.05, 3.63) is 44.0 Å². The number of aliphatic hydroxyl groups is 1. The smallest absolute Gasteiger partial charge is 0.362 e. The van der Waals surface area contributed by atoms with E-state index >= 15 is 0 Å². The highest BCUT2D eigenvalue weighted by Crippen LogP contribution is 2.18. The number of nitrogens with one attached hydrogen (secondary N) is 3.